The number of hydrogen-bond donors (Lipinski definition) is 2. The zero-order chi connectivity index (χ0) is 24.3. The van der Waals surface area contributed by atoms with Gasteiger partial charge in [0.25, 0.3) is 0 Å². The van der Waals surface area contributed by atoms with Gasteiger partial charge in [0, 0.05) is 23.4 Å². The van der Waals surface area contributed by atoms with Gasteiger partial charge in [0.15, 0.2) is 0 Å². The Labute approximate surface area is 226 Å². The molecule has 194 valence electrons. The highest BCUT2D eigenvalue weighted by molar-refractivity contribution is 5.87. The summed E-state index contributed by atoms with van der Waals surface area (Å²) in [4.78, 5) is 19.2. The van der Waals surface area contributed by atoms with Crippen molar-refractivity contribution in [1.29, 1.82) is 0 Å². The second kappa shape index (κ2) is 11.5. The number of benzene rings is 2. The maximum Gasteiger partial charge on any atom is 1.00 e. The number of fused-ring (bicyclic) bond motifs is 1. The van der Waals surface area contributed by atoms with Crippen molar-refractivity contribution in [2.24, 2.45) is 5.92 Å². The number of imidazole rings is 1. The first kappa shape index (κ1) is 25.5. The Balaban J connectivity index is 0.00000168. The van der Waals surface area contributed by atoms with Crippen molar-refractivity contribution in [1.82, 2.24) is 25.1 Å². The summed E-state index contributed by atoms with van der Waals surface area (Å²) in [5.41, 5.74) is 5.18. The number of amides is 1. The minimum atomic E-state index is -0.247. The first-order chi connectivity index (χ1) is 17.8. The summed E-state index contributed by atoms with van der Waals surface area (Å²) >= 11 is 0. The number of para-hydroxylation sites is 2. The highest BCUT2D eigenvalue weighted by atomic mass is 35.5. The Bertz CT molecular complexity index is 1310. The molecule has 0 spiro atoms. The lowest BCUT2D eigenvalue weighted by Crippen LogP contribution is -3.00. The smallest absolute Gasteiger partial charge is 1.00 e. The van der Waals surface area contributed by atoms with Crippen LogP contribution in [0, 0.1) is 5.92 Å². The summed E-state index contributed by atoms with van der Waals surface area (Å²) in [6.07, 6.45) is 15.5. The number of halogens is 1. The Morgan fingerprint density at radius 3 is 2.27 bits per heavy atom. The van der Waals surface area contributed by atoms with Crippen molar-refractivity contribution in [3.8, 4) is 22.5 Å². The first-order valence-electron chi connectivity index (χ1n) is 13.6. The van der Waals surface area contributed by atoms with Crippen LogP contribution in [0.2, 0.25) is 0 Å². The zero-order valence-corrected chi connectivity index (χ0v) is 22.0. The van der Waals surface area contributed by atoms with Crippen molar-refractivity contribution in [2.45, 2.75) is 76.3 Å². The van der Waals surface area contributed by atoms with Gasteiger partial charge in [0.05, 0.1) is 17.2 Å². The van der Waals surface area contributed by atoms with E-state index in [9.17, 15) is 4.79 Å². The van der Waals surface area contributed by atoms with Gasteiger partial charge in [-0.1, -0.05) is 74.9 Å². The molecule has 0 bridgehead atoms. The minimum Gasteiger partial charge on any atom is -1.00 e. The molecule has 2 aliphatic rings. The van der Waals surface area contributed by atoms with Crippen molar-refractivity contribution < 1.29 is 18.6 Å². The summed E-state index contributed by atoms with van der Waals surface area (Å²) in [5.74, 6) is 1.38. The predicted molar refractivity (Wildman–Crippen MR) is 144 cm³/mol. The molecule has 6 nitrogen and oxygen atoms in total. The molecule has 4 aromatic rings. The normalized spacial score (nSPS) is 17.8. The van der Waals surface area contributed by atoms with Crippen LogP contribution < -0.4 is 17.7 Å². The highest BCUT2D eigenvalue weighted by Gasteiger charge is 2.35. The van der Waals surface area contributed by atoms with Gasteiger partial charge in [-0.05, 0) is 49.3 Å². The van der Waals surface area contributed by atoms with E-state index in [1.165, 1.54) is 38.5 Å². The predicted octanol–water partition coefficient (Wildman–Crippen LogP) is 3.78. The molecule has 2 aromatic heterocycles. The molecule has 6 rings (SSSR count). The number of hydrogen-bond acceptors (Lipinski definition) is 3. The lowest BCUT2D eigenvalue weighted by Gasteiger charge is -2.33. The molecule has 2 heterocycles. The number of aromatic amines is 1. The lowest BCUT2D eigenvalue weighted by atomic mass is 9.82. The van der Waals surface area contributed by atoms with E-state index in [4.69, 9.17) is 4.98 Å². The lowest BCUT2D eigenvalue weighted by molar-refractivity contribution is -0.127. The monoisotopic (exact) mass is 517 g/mol. The van der Waals surface area contributed by atoms with E-state index in [0.29, 0.717) is 12.0 Å². The molecule has 2 aromatic carbocycles. The van der Waals surface area contributed by atoms with Crippen molar-refractivity contribution in [2.75, 3.05) is 0 Å². The van der Waals surface area contributed by atoms with E-state index in [0.717, 1.165) is 59.2 Å². The van der Waals surface area contributed by atoms with Crippen LogP contribution in [0.5, 0.6) is 0 Å². The molecule has 7 heteroatoms. The fraction of sp³-hybridized carbons (Fsp3) is 0.433. The maximum atomic E-state index is 14.1. The molecular formula is C30H36ClN5O. The minimum absolute atomic E-state index is 0. The molecule has 1 atom stereocenters. The van der Waals surface area contributed by atoms with Crippen molar-refractivity contribution in [3.63, 3.8) is 0 Å². The molecule has 0 radical (unpaired) electrons. The van der Waals surface area contributed by atoms with Gasteiger partial charge in [0.1, 0.15) is 11.9 Å². The van der Waals surface area contributed by atoms with Gasteiger partial charge in [-0.15, -0.1) is 0 Å². The highest BCUT2D eigenvalue weighted by Crippen LogP contribution is 2.39. The molecule has 1 unspecified atom stereocenters. The molecule has 37 heavy (non-hydrogen) atoms. The van der Waals surface area contributed by atoms with Crippen LogP contribution in [0.3, 0.4) is 0 Å². The Morgan fingerprint density at radius 2 is 1.57 bits per heavy atom. The molecule has 1 amide bonds. The van der Waals surface area contributed by atoms with Crippen LogP contribution in [0.15, 0.2) is 60.9 Å². The maximum absolute atomic E-state index is 14.1. The van der Waals surface area contributed by atoms with Crippen LogP contribution in [0.1, 0.15) is 71.7 Å². The number of carbonyl (C=O) groups excluding carboxylic acids is 1. The molecule has 2 N–H and O–H groups in total. The van der Waals surface area contributed by atoms with Gasteiger partial charge in [-0.2, -0.15) is 5.10 Å². The number of carbonyl (C=O) groups is 1. The second-order valence-electron chi connectivity index (χ2n) is 10.5. The summed E-state index contributed by atoms with van der Waals surface area (Å²) in [6.45, 7) is 0. The number of rotatable bonds is 6. The Hall–Kier alpha value is -3.12. The van der Waals surface area contributed by atoms with E-state index in [1.807, 2.05) is 18.5 Å². The fourth-order valence-corrected chi connectivity index (χ4v) is 6.28. The van der Waals surface area contributed by atoms with Crippen molar-refractivity contribution >= 4 is 16.9 Å². The number of H-pyrrole nitrogens is 1. The molecule has 2 saturated carbocycles. The molecule has 0 saturated heterocycles. The molecular weight excluding hydrogens is 482 g/mol. The van der Waals surface area contributed by atoms with Gasteiger partial charge in [-0.3, -0.25) is 9.89 Å². The van der Waals surface area contributed by atoms with Crippen LogP contribution >= 0.6 is 0 Å². The summed E-state index contributed by atoms with van der Waals surface area (Å²) in [6, 6.07) is 16.8. The zero-order valence-electron chi connectivity index (χ0n) is 22.2. The topological polar surface area (TPSA) is 75.6 Å². The van der Waals surface area contributed by atoms with E-state index >= 15 is 0 Å². The third-order valence-corrected chi connectivity index (χ3v) is 8.17. The third-order valence-electron chi connectivity index (χ3n) is 8.17. The molecule has 0 aliphatic heterocycles. The van der Waals surface area contributed by atoms with Gasteiger partial charge in [-0.25, -0.2) is 4.98 Å². The van der Waals surface area contributed by atoms with Crippen LogP contribution in [-0.4, -0.2) is 31.7 Å². The second-order valence-corrected chi connectivity index (χ2v) is 10.5. The largest absolute Gasteiger partial charge is 1.00 e. The number of nitrogens with one attached hydrogen (secondary N) is 2. The summed E-state index contributed by atoms with van der Waals surface area (Å²) < 4.78 is 2.26. The number of aromatic nitrogens is 4. The van der Waals surface area contributed by atoms with E-state index < -0.39 is 0 Å². The standard InChI is InChI=1S/C30H35N5O.ClH/c36-30(33-25-11-5-2-6-12-25)28(22-9-3-1-4-10-22)35-27-14-8-7-13-26(27)34-29(35)23-17-15-21(16-18-23)24-19-31-32-20-24;/h7-8,13-20,22,25,28H,1-6,9-12H2,(H,31,32)(H,33,36);1H. The molecule has 2 fully saturated rings. The average molecular weight is 518 g/mol. The van der Waals surface area contributed by atoms with Gasteiger partial charge >= 0.3 is 1.43 Å². The van der Waals surface area contributed by atoms with Gasteiger partial charge in [0.2, 0.25) is 5.91 Å². The third kappa shape index (κ3) is 5.30. The summed E-state index contributed by atoms with van der Waals surface area (Å²) in [7, 11) is 0. The summed E-state index contributed by atoms with van der Waals surface area (Å²) in [5, 5.41) is 10.4. The van der Waals surface area contributed by atoms with E-state index in [2.05, 4.69) is 62.5 Å². The van der Waals surface area contributed by atoms with E-state index in [1.54, 1.807) is 0 Å². The Kier molecular flexibility index (Phi) is 7.94. The van der Waals surface area contributed by atoms with Crippen LogP contribution in [0.4, 0.5) is 0 Å². The molecule has 2 aliphatic carbocycles. The van der Waals surface area contributed by atoms with Crippen LogP contribution in [-0.2, 0) is 4.79 Å². The SMILES string of the molecule is O=C(NC1CCCCC1)C(C1CCCCC1)n1c(-c2ccc(-c3cn[nH]c3)cc2)nc2ccccc21.[Cl-].[H+]. The quantitative estimate of drug-likeness (QED) is 0.408. The Morgan fingerprint density at radius 1 is 0.892 bits per heavy atom. The fourth-order valence-electron chi connectivity index (χ4n) is 6.28. The average Bonchev–Trinajstić information content (AvgIpc) is 3.60. The van der Waals surface area contributed by atoms with Gasteiger partial charge < -0.3 is 22.3 Å². The first-order valence-corrected chi connectivity index (χ1v) is 13.6. The van der Waals surface area contributed by atoms with Crippen LogP contribution in [0.25, 0.3) is 33.5 Å². The van der Waals surface area contributed by atoms with E-state index in [-0.39, 0.29) is 25.8 Å². The van der Waals surface area contributed by atoms with Crippen molar-refractivity contribution in [3.05, 3.63) is 60.9 Å². The number of nitrogens with zero attached hydrogens (tertiary/aromatic N) is 3.